The molecule has 0 heterocycles. The zero-order valence-corrected chi connectivity index (χ0v) is 15.7. The summed E-state index contributed by atoms with van der Waals surface area (Å²) >= 11 is 0. The van der Waals surface area contributed by atoms with Gasteiger partial charge < -0.3 is 15.8 Å². The highest BCUT2D eigenvalue weighted by Crippen LogP contribution is 2.25. The molecule has 0 bridgehead atoms. The van der Waals surface area contributed by atoms with E-state index in [4.69, 9.17) is 10.5 Å². The third kappa shape index (κ3) is 6.52. The lowest BCUT2D eigenvalue weighted by Gasteiger charge is -2.25. The molecule has 0 saturated heterocycles. The lowest BCUT2D eigenvalue weighted by atomic mass is 9.85. The van der Waals surface area contributed by atoms with Crippen LogP contribution in [0.4, 0.5) is 0 Å². The molecule has 1 aromatic carbocycles. The summed E-state index contributed by atoms with van der Waals surface area (Å²) in [6.45, 7) is 5.12. The number of aliphatic imine (C=N–C) groups is 1. The Morgan fingerprint density at radius 2 is 2.05 bits per heavy atom. The van der Waals surface area contributed by atoms with Crippen LogP contribution in [0.15, 0.2) is 29.3 Å². The molecule has 1 aromatic rings. The molecule has 5 heteroatoms. The minimum atomic E-state index is 0. The number of hydrogen-bond donors (Lipinski definition) is 2. The van der Waals surface area contributed by atoms with Crippen LogP contribution in [0, 0.1) is 5.92 Å². The zero-order chi connectivity index (χ0) is 14.9. The molecule has 4 nitrogen and oxygen atoms in total. The number of rotatable bonds is 8. The molecule has 1 saturated carbocycles. The van der Waals surface area contributed by atoms with Gasteiger partial charge in [-0.05, 0) is 36.3 Å². The fourth-order valence-electron chi connectivity index (χ4n) is 2.35. The van der Waals surface area contributed by atoms with Gasteiger partial charge in [-0.15, -0.1) is 24.0 Å². The molecule has 0 aliphatic heterocycles. The molecular formula is C17H28IN3O. The largest absolute Gasteiger partial charge is 0.377 e. The molecule has 124 valence electrons. The van der Waals surface area contributed by atoms with Crippen LogP contribution in [0.25, 0.3) is 0 Å². The Morgan fingerprint density at radius 3 is 2.68 bits per heavy atom. The molecule has 0 radical (unpaired) electrons. The van der Waals surface area contributed by atoms with Crippen LogP contribution in [0.3, 0.4) is 0 Å². The van der Waals surface area contributed by atoms with E-state index < -0.39 is 0 Å². The van der Waals surface area contributed by atoms with Crippen molar-refractivity contribution in [3.63, 3.8) is 0 Å². The van der Waals surface area contributed by atoms with Crippen LogP contribution in [0.5, 0.6) is 0 Å². The third-order valence-corrected chi connectivity index (χ3v) is 3.94. The summed E-state index contributed by atoms with van der Waals surface area (Å²) in [5, 5.41) is 3.22. The quantitative estimate of drug-likeness (QED) is 0.295. The van der Waals surface area contributed by atoms with Crippen molar-refractivity contribution < 1.29 is 4.74 Å². The number of nitrogens with two attached hydrogens (primary N) is 1. The summed E-state index contributed by atoms with van der Waals surface area (Å²) in [5.74, 6) is 1.33. The number of ether oxygens (including phenoxy) is 1. The standard InChI is InChI=1S/C17H27N3O.HI/c1-2-10-21-13-16-9-4-3-8-15(16)12-20-17(18)19-11-14-6-5-7-14;/h3-4,8-9,14H,2,5-7,10-13H2,1H3,(H3,18,19,20);1H. The Balaban J connectivity index is 0.00000242. The number of guanidine groups is 1. The summed E-state index contributed by atoms with van der Waals surface area (Å²) in [4.78, 5) is 4.44. The van der Waals surface area contributed by atoms with Gasteiger partial charge in [-0.25, -0.2) is 4.99 Å². The Kier molecular flexibility index (Phi) is 9.47. The normalized spacial score (nSPS) is 15.0. The van der Waals surface area contributed by atoms with E-state index in [2.05, 4.69) is 29.4 Å². The first-order valence-corrected chi connectivity index (χ1v) is 7.98. The van der Waals surface area contributed by atoms with Gasteiger partial charge >= 0.3 is 0 Å². The Hall–Kier alpha value is -0.820. The van der Waals surface area contributed by atoms with Crippen molar-refractivity contribution in [2.75, 3.05) is 13.2 Å². The molecule has 0 atom stereocenters. The fraction of sp³-hybridized carbons (Fsp3) is 0.588. The van der Waals surface area contributed by atoms with Gasteiger partial charge in [-0.1, -0.05) is 37.6 Å². The zero-order valence-electron chi connectivity index (χ0n) is 13.4. The molecule has 0 spiro atoms. The fourth-order valence-corrected chi connectivity index (χ4v) is 2.35. The van der Waals surface area contributed by atoms with Gasteiger partial charge in [0.15, 0.2) is 5.96 Å². The first kappa shape index (κ1) is 19.2. The first-order valence-electron chi connectivity index (χ1n) is 7.98. The summed E-state index contributed by atoms with van der Waals surface area (Å²) in [5.41, 5.74) is 8.31. The highest BCUT2D eigenvalue weighted by Gasteiger charge is 2.16. The lowest BCUT2D eigenvalue weighted by Crippen LogP contribution is -2.37. The molecule has 22 heavy (non-hydrogen) atoms. The molecule has 0 amide bonds. The highest BCUT2D eigenvalue weighted by molar-refractivity contribution is 14.0. The number of halogens is 1. The second kappa shape index (κ2) is 10.8. The van der Waals surface area contributed by atoms with E-state index >= 15 is 0 Å². The number of nitrogens with one attached hydrogen (secondary N) is 1. The van der Waals surface area contributed by atoms with Crippen LogP contribution in [-0.2, 0) is 17.9 Å². The molecule has 0 aromatic heterocycles. The molecule has 1 aliphatic carbocycles. The van der Waals surface area contributed by atoms with E-state index in [0.29, 0.717) is 19.1 Å². The van der Waals surface area contributed by atoms with Crippen molar-refractivity contribution in [1.29, 1.82) is 0 Å². The van der Waals surface area contributed by atoms with E-state index in [0.717, 1.165) is 25.5 Å². The van der Waals surface area contributed by atoms with Crippen molar-refractivity contribution in [2.24, 2.45) is 16.6 Å². The maximum absolute atomic E-state index is 5.93. The maximum atomic E-state index is 5.93. The van der Waals surface area contributed by atoms with Gasteiger partial charge in [0.2, 0.25) is 0 Å². The summed E-state index contributed by atoms with van der Waals surface area (Å²) in [6, 6.07) is 8.26. The predicted molar refractivity (Wildman–Crippen MR) is 102 cm³/mol. The molecule has 1 aliphatic rings. The van der Waals surface area contributed by atoms with E-state index in [9.17, 15) is 0 Å². The number of hydrogen-bond acceptors (Lipinski definition) is 2. The van der Waals surface area contributed by atoms with Gasteiger partial charge in [0.1, 0.15) is 0 Å². The Morgan fingerprint density at radius 1 is 1.32 bits per heavy atom. The van der Waals surface area contributed by atoms with E-state index in [1.165, 1.54) is 30.4 Å². The average molecular weight is 417 g/mol. The van der Waals surface area contributed by atoms with Crippen molar-refractivity contribution in [2.45, 2.75) is 45.8 Å². The van der Waals surface area contributed by atoms with Crippen LogP contribution >= 0.6 is 24.0 Å². The molecular weight excluding hydrogens is 389 g/mol. The summed E-state index contributed by atoms with van der Waals surface area (Å²) < 4.78 is 5.62. The van der Waals surface area contributed by atoms with Gasteiger partial charge in [0, 0.05) is 13.2 Å². The second-order valence-electron chi connectivity index (χ2n) is 5.70. The van der Waals surface area contributed by atoms with Crippen molar-refractivity contribution in [3.05, 3.63) is 35.4 Å². The van der Waals surface area contributed by atoms with E-state index in [1.54, 1.807) is 0 Å². The van der Waals surface area contributed by atoms with Gasteiger partial charge in [-0.2, -0.15) is 0 Å². The third-order valence-electron chi connectivity index (χ3n) is 3.94. The molecule has 0 unspecified atom stereocenters. The van der Waals surface area contributed by atoms with Gasteiger partial charge in [0.25, 0.3) is 0 Å². The second-order valence-corrected chi connectivity index (χ2v) is 5.70. The molecule has 2 rings (SSSR count). The Bertz CT molecular complexity index is 461. The van der Waals surface area contributed by atoms with Crippen LogP contribution in [0.1, 0.15) is 43.7 Å². The van der Waals surface area contributed by atoms with Crippen molar-refractivity contribution in [1.82, 2.24) is 5.32 Å². The van der Waals surface area contributed by atoms with E-state index in [-0.39, 0.29) is 24.0 Å². The molecule has 3 N–H and O–H groups in total. The maximum Gasteiger partial charge on any atom is 0.188 e. The van der Waals surface area contributed by atoms with Crippen LogP contribution in [0.2, 0.25) is 0 Å². The van der Waals surface area contributed by atoms with Crippen molar-refractivity contribution >= 4 is 29.9 Å². The summed E-state index contributed by atoms with van der Waals surface area (Å²) in [7, 11) is 0. The number of benzene rings is 1. The SMILES string of the molecule is CCCOCc1ccccc1CN=C(N)NCC1CCC1.I. The van der Waals surface area contributed by atoms with Crippen LogP contribution in [-0.4, -0.2) is 19.1 Å². The van der Waals surface area contributed by atoms with Crippen molar-refractivity contribution in [3.8, 4) is 0 Å². The average Bonchev–Trinajstić information content (AvgIpc) is 2.45. The van der Waals surface area contributed by atoms with E-state index in [1.807, 2.05) is 12.1 Å². The monoisotopic (exact) mass is 417 g/mol. The summed E-state index contributed by atoms with van der Waals surface area (Å²) in [6.07, 6.45) is 5.03. The smallest absolute Gasteiger partial charge is 0.188 e. The molecule has 1 fully saturated rings. The van der Waals surface area contributed by atoms with Gasteiger partial charge in [0.05, 0.1) is 13.2 Å². The minimum absolute atomic E-state index is 0. The predicted octanol–water partition coefficient (Wildman–Crippen LogP) is 3.44. The highest BCUT2D eigenvalue weighted by atomic mass is 127. The topological polar surface area (TPSA) is 59.6 Å². The minimum Gasteiger partial charge on any atom is -0.377 e. The lowest BCUT2D eigenvalue weighted by molar-refractivity contribution is 0.121. The first-order chi connectivity index (χ1) is 10.3. The van der Waals surface area contributed by atoms with Gasteiger partial charge in [-0.3, -0.25) is 0 Å². The Labute approximate surface area is 150 Å². The number of nitrogens with zero attached hydrogens (tertiary/aromatic N) is 1. The van der Waals surface area contributed by atoms with Crippen LogP contribution < -0.4 is 11.1 Å².